The van der Waals surface area contributed by atoms with Gasteiger partial charge in [0, 0.05) is 0 Å². The maximum Gasteiger partial charge on any atom is 0.204 e. The second-order valence-electron chi connectivity index (χ2n) is 2.01. The van der Waals surface area contributed by atoms with Gasteiger partial charge in [0.05, 0.1) is 0 Å². The average molecular weight is 266 g/mol. The molecule has 1 aromatic rings. The highest BCUT2D eigenvalue weighted by Crippen LogP contribution is 2.35. The van der Waals surface area contributed by atoms with Gasteiger partial charge in [-0.15, -0.1) is 0 Å². The van der Waals surface area contributed by atoms with Crippen LogP contribution in [0.2, 0.25) is 0 Å². The van der Waals surface area contributed by atoms with Crippen LogP contribution in [0.5, 0.6) is 11.5 Å². The summed E-state index contributed by atoms with van der Waals surface area (Å²) in [5.74, 6) is 0.228. The van der Waals surface area contributed by atoms with E-state index in [9.17, 15) is 0 Å². The summed E-state index contributed by atoms with van der Waals surface area (Å²) in [6.07, 6.45) is 1.57. The summed E-state index contributed by atoms with van der Waals surface area (Å²) in [5.41, 5.74) is 0. The summed E-state index contributed by atoms with van der Waals surface area (Å²) >= 11 is 2.00. The Kier molecular flexibility index (Phi) is 2.43. The van der Waals surface area contributed by atoms with E-state index in [-0.39, 0.29) is 17.3 Å². The minimum Gasteiger partial charge on any atom is -0.502 e. The molecule has 1 heterocycles. The SMILES string of the molecule is Cc1oc(C=CI)c(O)c1O. The molecule has 2 N–H and O–H groups in total. The van der Waals surface area contributed by atoms with Crippen LogP contribution < -0.4 is 0 Å². The molecule has 1 aromatic heterocycles. The fourth-order valence-electron chi connectivity index (χ4n) is 0.715. The van der Waals surface area contributed by atoms with E-state index in [1.54, 1.807) is 17.1 Å². The molecule has 3 nitrogen and oxygen atoms in total. The molecule has 0 aromatic carbocycles. The lowest BCUT2D eigenvalue weighted by Crippen LogP contribution is -1.62. The van der Waals surface area contributed by atoms with Crippen LogP contribution in [-0.2, 0) is 0 Å². The van der Waals surface area contributed by atoms with Gasteiger partial charge in [0.1, 0.15) is 5.76 Å². The second kappa shape index (κ2) is 3.17. The number of furan rings is 1. The second-order valence-corrected chi connectivity index (χ2v) is 2.73. The number of halogens is 1. The van der Waals surface area contributed by atoms with Crippen LogP contribution in [-0.4, -0.2) is 10.2 Å². The molecule has 0 aliphatic heterocycles. The fourth-order valence-corrected chi connectivity index (χ4v) is 1.04. The van der Waals surface area contributed by atoms with E-state index in [1.165, 1.54) is 0 Å². The number of aryl methyl sites for hydroxylation is 1. The molecule has 0 amide bonds. The van der Waals surface area contributed by atoms with Gasteiger partial charge in [0.25, 0.3) is 0 Å². The first-order valence-corrected chi connectivity index (χ1v) is 4.19. The Morgan fingerprint density at radius 2 is 2.00 bits per heavy atom. The van der Waals surface area contributed by atoms with E-state index in [0.717, 1.165) is 0 Å². The van der Waals surface area contributed by atoms with Crippen molar-refractivity contribution in [2.75, 3.05) is 0 Å². The molecule has 0 atom stereocenters. The van der Waals surface area contributed by atoms with Crippen molar-refractivity contribution in [1.29, 1.82) is 0 Å². The molecule has 0 spiro atoms. The van der Waals surface area contributed by atoms with Gasteiger partial charge in [-0.3, -0.25) is 0 Å². The highest BCUT2D eigenvalue weighted by atomic mass is 127. The number of hydrogen-bond acceptors (Lipinski definition) is 3. The van der Waals surface area contributed by atoms with E-state index in [1.807, 2.05) is 22.6 Å². The monoisotopic (exact) mass is 266 g/mol. The first kappa shape index (κ1) is 8.45. The van der Waals surface area contributed by atoms with E-state index >= 15 is 0 Å². The molecule has 0 bridgehead atoms. The summed E-state index contributed by atoms with van der Waals surface area (Å²) < 4.78 is 6.68. The summed E-state index contributed by atoms with van der Waals surface area (Å²) in [6, 6.07) is 0. The lowest BCUT2D eigenvalue weighted by atomic mass is 10.3. The first-order chi connectivity index (χ1) is 5.16. The maximum absolute atomic E-state index is 9.15. The number of hydrogen-bond donors (Lipinski definition) is 2. The first-order valence-electron chi connectivity index (χ1n) is 2.95. The largest absolute Gasteiger partial charge is 0.502 e. The molecule has 0 radical (unpaired) electrons. The third-order valence-electron chi connectivity index (χ3n) is 1.27. The van der Waals surface area contributed by atoms with Crippen molar-refractivity contribution in [3.05, 3.63) is 15.6 Å². The zero-order valence-electron chi connectivity index (χ0n) is 5.84. The Morgan fingerprint density at radius 3 is 2.36 bits per heavy atom. The zero-order valence-corrected chi connectivity index (χ0v) is 7.99. The summed E-state index contributed by atoms with van der Waals surface area (Å²) in [5, 5.41) is 18.2. The predicted molar refractivity (Wildman–Crippen MR) is 49.8 cm³/mol. The molecule has 1 rings (SSSR count). The zero-order chi connectivity index (χ0) is 8.43. The van der Waals surface area contributed by atoms with Crippen molar-refractivity contribution < 1.29 is 14.6 Å². The molecule has 4 heteroatoms. The Hall–Kier alpha value is -0.650. The molecular formula is C7H7IO3. The molecular weight excluding hydrogens is 259 g/mol. The number of aromatic hydroxyl groups is 2. The van der Waals surface area contributed by atoms with Gasteiger partial charge in [-0.05, 0) is 17.1 Å². The van der Waals surface area contributed by atoms with E-state index in [0.29, 0.717) is 5.76 Å². The van der Waals surface area contributed by atoms with Crippen LogP contribution in [0.3, 0.4) is 0 Å². The highest BCUT2D eigenvalue weighted by molar-refractivity contribution is 14.1. The van der Waals surface area contributed by atoms with E-state index in [4.69, 9.17) is 14.6 Å². The average Bonchev–Trinajstić information content (AvgIpc) is 2.19. The van der Waals surface area contributed by atoms with Gasteiger partial charge in [0.15, 0.2) is 11.5 Å². The van der Waals surface area contributed by atoms with Crippen LogP contribution in [0.25, 0.3) is 6.08 Å². The molecule has 0 fully saturated rings. The maximum atomic E-state index is 9.15. The van der Waals surface area contributed by atoms with E-state index in [2.05, 4.69) is 0 Å². The third kappa shape index (κ3) is 1.50. The van der Waals surface area contributed by atoms with Crippen molar-refractivity contribution in [2.45, 2.75) is 6.92 Å². The number of rotatable bonds is 1. The molecule has 0 saturated carbocycles. The van der Waals surface area contributed by atoms with Gasteiger partial charge in [-0.1, -0.05) is 22.6 Å². The molecule has 11 heavy (non-hydrogen) atoms. The third-order valence-corrected chi connectivity index (χ3v) is 1.63. The summed E-state index contributed by atoms with van der Waals surface area (Å²) in [6.45, 7) is 1.58. The minimum absolute atomic E-state index is 0.186. The van der Waals surface area contributed by atoms with Crippen molar-refractivity contribution in [1.82, 2.24) is 0 Å². The van der Waals surface area contributed by atoms with Crippen LogP contribution in [0.1, 0.15) is 11.5 Å². The van der Waals surface area contributed by atoms with Crippen molar-refractivity contribution in [3.63, 3.8) is 0 Å². The topological polar surface area (TPSA) is 53.6 Å². The van der Waals surface area contributed by atoms with Crippen LogP contribution in [0.15, 0.2) is 8.50 Å². The van der Waals surface area contributed by atoms with Crippen molar-refractivity contribution in [2.24, 2.45) is 0 Å². The van der Waals surface area contributed by atoms with Gasteiger partial charge in [-0.25, -0.2) is 0 Å². The van der Waals surface area contributed by atoms with Crippen LogP contribution >= 0.6 is 22.6 Å². The Labute approximate surface area is 77.5 Å². The van der Waals surface area contributed by atoms with Gasteiger partial charge < -0.3 is 14.6 Å². The van der Waals surface area contributed by atoms with Crippen molar-refractivity contribution in [3.8, 4) is 11.5 Å². The Morgan fingerprint density at radius 1 is 1.36 bits per heavy atom. The van der Waals surface area contributed by atoms with Gasteiger partial charge in [-0.2, -0.15) is 0 Å². The normalized spacial score (nSPS) is 11.1. The quantitative estimate of drug-likeness (QED) is 0.767. The molecule has 0 saturated heterocycles. The molecule has 60 valence electrons. The fraction of sp³-hybridized carbons (Fsp3) is 0.143. The Balaban J connectivity index is 3.18. The summed E-state index contributed by atoms with van der Waals surface area (Å²) in [4.78, 5) is 0. The molecule has 0 unspecified atom stereocenters. The molecule has 0 aliphatic rings. The van der Waals surface area contributed by atoms with Crippen molar-refractivity contribution >= 4 is 28.7 Å². The molecule has 0 aliphatic carbocycles. The minimum atomic E-state index is -0.199. The van der Waals surface area contributed by atoms with Gasteiger partial charge >= 0.3 is 0 Å². The smallest absolute Gasteiger partial charge is 0.204 e. The van der Waals surface area contributed by atoms with Crippen LogP contribution in [0, 0.1) is 6.92 Å². The predicted octanol–water partition coefficient (Wildman–Crippen LogP) is 2.40. The lowest BCUT2D eigenvalue weighted by Gasteiger charge is -1.85. The Bertz CT molecular complexity index is 288. The lowest BCUT2D eigenvalue weighted by molar-refractivity contribution is 0.404. The van der Waals surface area contributed by atoms with E-state index < -0.39 is 0 Å². The standard InChI is InChI=1S/C7H7IO3/c1-4-6(9)7(10)5(11-4)2-3-8/h2-3,9-10H,1H3. The highest BCUT2D eigenvalue weighted by Gasteiger charge is 2.12. The van der Waals surface area contributed by atoms with Gasteiger partial charge in [0.2, 0.25) is 5.75 Å². The van der Waals surface area contributed by atoms with Crippen LogP contribution in [0.4, 0.5) is 0 Å². The summed E-state index contributed by atoms with van der Waals surface area (Å²) in [7, 11) is 0.